The van der Waals surface area contributed by atoms with E-state index in [1.807, 2.05) is 6.92 Å². The highest BCUT2D eigenvalue weighted by Crippen LogP contribution is 2.43. The molecule has 42 heavy (non-hydrogen) atoms. The van der Waals surface area contributed by atoms with Crippen molar-refractivity contribution in [2.45, 2.75) is 129 Å². The average molecular weight is 620 g/mol. The molecule has 11 nitrogen and oxygen atoms in total. The van der Waals surface area contributed by atoms with Gasteiger partial charge in [-0.25, -0.2) is 4.57 Å². The van der Waals surface area contributed by atoms with Crippen LogP contribution in [-0.2, 0) is 37.5 Å². The second kappa shape index (κ2) is 26.6. The first-order valence-corrected chi connectivity index (χ1v) is 16.9. The van der Waals surface area contributed by atoms with Crippen molar-refractivity contribution in [3.63, 3.8) is 0 Å². The Morgan fingerprint density at radius 3 is 1.90 bits per heavy atom. The molecule has 0 aliphatic carbocycles. The monoisotopic (exact) mass is 619 g/mol. The van der Waals surface area contributed by atoms with Gasteiger partial charge in [0.05, 0.1) is 13.2 Å². The molecular formula is C30H54NO10P. The molecule has 0 aliphatic rings. The van der Waals surface area contributed by atoms with Crippen LogP contribution in [0.1, 0.15) is 117 Å². The molecule has 0 saturated carbocycles. The zero-order chi connectivity index (χ0) is 31.5. The van der Waals surface area contributed by atoms with Gasteiger partial charge in [-0.2, -0.15) is 0 Å². The van der Waals surface area contributed by atoms with Crippen LogP contribution in [0.4, 0.5) is 0 Å². The third-order valence-corrected chi connectivity index (χ3v) is 7.15. The summed E-state index contributed by atoms with van der Waals surface area (Å²) in [5.41, 5.74) is 5.26. The van der Waals surface area contributed by atoms with Gasteiger partial charge in [0.1, 0.15) is 12.6 Å². The summed E-state index contributed by atoms with van der Waals surface area (Å²) in [6.45, 7) is 2.44. The lowest BCUT2D eigenvalue weighted by molar-refractivity contribution is -0.161. The Morgan fingerprint density at radius 2 is 1.29 bits per heavy atom. The Bertz CT molecular complexity index is 833. The highest BCUT2D eigenvalue weighted by molar-refractivity contribution is 7.47. The zero-order valence-corrected chi connectivity index (χ0v) is 26.5. The van der Waals surface area contributed by atoms with Gasteiger partial charge in [0, 0.05) is 12.8 Å². The van der Waals surface area contributed by atoms with Crippen LogP contribution in [-0.4, -0.2) is 59.9 Å². The Labute approximate surface area is 251 Å². The summed E-state index contributed by atoms with van der Waals surface area (Å²) in [6, 6.07) is -1.52. The summed E-state index contributed by atoms with van der Waals surface area (Å²) < 4.78 is 31.9. The van der Waals surface area contributed by atoms with Crippen LogP contribution >= 0.6 is 7.82 Å². The van der Waals surface area contributed by atoms with Crippen molar-refractivity contribution < 1.29 is 47.5 Å². The number of carbonyl (C=O) groups is 3. The van der Waals surface area contributed by atoms with Crippen molar-refractivity contribution in [2.75, 3.05) is 19.8 Å². The number of unbranched alkanes of at least 4 members (excludes halogenated alkanes) is 10. The number of hydrogen-bond acceptors (Lipinski definition) is 9. The molecule has 0 fully saturated rings. The topological polar surface area (TPSA) is 172 Å². The number of hydrogen-bond donors (Lipinski definition) is 3. The summed E-state index contributed by atoms with van der Waals surface area (Å²) in [7, 11) is -4.69. The predicted octanol–water partition coefficient (Wildman–Crippen LogP) is 6.38. The van der Waals surface area contributed by atoms with Gasteiger partial charge in [-0.15, -0.1) is 0 Å². The quantitative estimate of drug-likeness (QED) is 0.0384. The largest absolute Gasteiger partial charge is 0.480 e. The van der Waals surface area contributed by atoms with Crippen LogP contribution in [0.3, 0.4) is 0 Å². The molecule has 0 heterocycles. The lowest BCUT2D eigenvalue weighted by atomic mass is 10.1. The number of rotatable bonds is 28. The molecule has 0 rings (SSSR count). The maximum absolute atomic E-state index is 12.4. The maximum atomic E-state index is 12.4. The van der Waals surface area contributed by atoms with Gasteiger partial charge in [-0.3, -0.25) is 23.4 Å². The van der Waals surface area contributed by atoms with Crippen molar-refractivity contribution in [2.24, 2.45) is 5.73 Å². The summed E-state index contributed by atoms with van der Waals surface area (Å²) in [5, 5.41) is 8.76. The summed E-state index contributed by atoms with van der Waals surface area (Å²) in [5.74, 6) is -2.45. The molecule has 3 unspecified atom stereocenters. The summed E-state index contributed by atoms with van der Waals surface area (Å²) in [4.78, 5) is 44.8. The number of nitrogens with two attached hydrogens (primary N) is 1. The molecule has 0 bridgehead atoms. The molecule has 0 aromatic rings. The third-order valence-electron chi connectivity index (χ3n) is 6.20. The summed E-state index contributed by atoms with van der Waals surface area (Å²) in [6.07, 6.45) is 22.5. The number of aliphatic carboxylic acids is 1. The fourth-order valence-corrected chi connectivity index (χ4v) is 4.44. The Balaban J connectivity index is 4.31. The molecule has 3 atom stereocenters. The molecule has 4 N–H and O–H groups in total. The number of allylic oxidation sites excluding steroid dienone is 4. The average Bonchev–Trinajstić information content (AvgIpc) is 2.95. The minimum atomic E-state index is -4.69. The van der Waals surface area contributed by atoms with E-state index in [0.717, 1.165) is 51.4 Å². The minimum absolute atomic E-state index is 0.145. The number of esters is 2. The first-order valence-electron chi connectivity index (χ1n) is 15.4. The van der Waals surface area contributed by atoms with Crippen LogP contribution in [0.5, 0.6) is 0 Å². The minimum Gasteiger partial charge on any atom is -0.480 e. The Morgan fingerprint density at radius 1 is 0.738 bits per heavy atom. The highest BCUT2D eigenvalue weighted by atomic mass is 31.2. The maximum Gasteiger partial charge on any atom is 0.472 e. The van der Waals surface area contributed by atoms with Crippen molar-refractivity contribution in [3.8, 4) is 0 Å². The van der Waals surface area contributed by atoms with Crippen LogP contribution < -0.4 is 5.73 Å². The van der Waals surface area contributed by atoms with Crippen molar-refractivity contribution in [1.29, 1.82) is 0 Å². The van der Waals surface area contributed by atoms with Gasteiger partial charge in [0.25, 0.3) is 0 Å². The molecule has 12 heteroatoms. The van der Waals surface area contributed by atoms with Crippen molar-refractivity contribution in [1.82, 2.24) is 0 Å². The Kier molecular flexibility index (Phi) is 25.3. The molecule has 0 aromatic heterocycles. The van der Waals surface area contributed by atoms with E-state index in [0.29, 0.717) is 12.8 Å². The molecule has 0 spiro atoms. The molecule has 0 amide bonds. The number of phosphoric acid groups is 1. The number of carbonyl (C=O) groups excluding carboxylic acids is 2. The van der Waals surface area contributed by atoms with E-state index >= 15 is 0 Å². The van der Waals surface area contributed by atoms with Gasteiger partial charge in [-0.1, -0.05) is 83.1 Å². The molecule has 0 saturated heterocycles. The van der Waals surface area contributed by atoms with Crippen LogP contribution in [0.25, 0.3) is 0 Å². The molecular weight excluding hydrogens is 565 g/mol. The number of ether oxygens (including phenoxy) is 2. The van der Waals surface area contributed by atoms with Crippen LogP contribution in [0.15, 0.2) is 24.3 Å². The first-order chi connectivity index (χ1) is 20.1. The van der Waals surface area contributed by atoms with E-state index in [4.69, 9.17) is 24.8 Å². The fourth-order valence-electron chi connectivity index (χ4n) is 3.66. The summed E-state index contributed by atoms with van der Waals surface area (Å²) >= 11 is 0. The zero-order valence-electron chi connectivity index (χ0n) is 25.6. The van der Waals surface area contributed by atoms with Gasteiger partial charge in [0.15, 0.2) is 6.10 Å². The lowest BCUT2D eigenvalue weighted by Crippen LogP contribution is -2.34. The second-order valence-electron chi connectivity index (χ2n) is 10.2. The first kappa shape index (κ1) is 40.0. The second-order valence-corrected chi connectivity index (χ2v) is 11.7. The number of carboxylic acid groups (broad SMARTS) is 1. The normalized spacial score (nSPS) is 14.6. The molecule has 0 aliphatic heterocycles. The van der Waals surface area contributed by atoms with E-state index < -0.39 is 51.1 Å². The third kappa shape index (κ3) is 25.7. The Hall–Kier alpha value is -2.04. The van der Waals surface area contributed by atoms with Gasteiger partial charge in [0.2, 0.25) is 0 Å². The number of phosphoric ester groups is 1. The molecule has 0 aromatic carbocycles. The van der Waals surface area contributed by atoms with E-state index in [1.54, 1.807) is 0 Å². The highest BCUT2D eigenvalue weighted by Gasteiger charge is 2.28. The SMILES string of the molecule is CCCCCC/C=C\C/C=C\CCCCCCCC(=O)OC(COC(=O)CCCC)COP(=O)(O)OCC(N)C(=O)O. The van der Waals surface area contributed by atoms with Gasteiger partial charge < -0.3 is 25.2 Å². The number of carboxylic acids is 1. The predicted molar refractivity (Wildman–Crippen MR) is 162 cm³/mol. The lowest BCUT2D eigenvalue weighted by Gasteiger charge is -2.20. The van der Waals surface area contributed by atoms with Crippen LogP contribution in [0, 0.1) is 0 Å². The van der Waals surface area contributed by atoms with Crippen molar-refractivity contribution in [3.05, 3.63) is 24.3 Å². The molecule has 0 radical (unpaired) electrons. The standard InChI is InChI=1S/C30H54NO10P/c1-3-5-7-8-9-10-11-12-13-14-15-16-17-18-19-20-22-29(33)41-26(23-38-28(32)21-6-4-2)24-39-42(36,37)40-25-27(31)30(34)35/h10-11,13-14,26-27H,3-9,12,15-25,31H2,1-2H3,(H,34,35)(H,36,37)/b11-10-,14-13-. The van der Waals surface area contributed by atoms with Crippen LogP contribution in [0.2, 0.25) is 0 Å². The van der Waals surface area contributed by atoms with E-state index in [9.17, 15) is 23.8 Å². The van der Waals surface area contributed by atoms with Crippen molar-refractivity contribution >= 4 is 25.7 Å². The van der Waals surface area contributed by atoms with Gasteiger partial charge >= 0.3 is 25.7 Å². The van der Waals surface area contributed by atoms with Gasteiger partial charge in [-0.05, 0) is 44.9 Å². The van der Waals surface area contributed by atoms with E-state index in [1.165, 1.54) is 25.7 Å². The van der Waals surface area contributed by atoms with E-state index in [2.05, 4.69) is 35.8 Å². The smallest absolute Gasteiger partial charge is 0.472 e. The van der Waals surface area contributed by atoms with E-state index in [-0.39, 0.29) is 19.4 Å². The fraction of sp³-hybridized carbons (Fsp3) is 0.767. The molecule has 244 valence electrons.